The summed E-state index contributed by atoms with van der Waals surface area (Å²) in [6.45, 7) is 0.266. The molecule has 0 aliphatic carbocycles. The number of nitrogen functional groups attached to an aromatic ring is 1. The van der Waals surface area contributed by atoms with Gasteiger partial charge in [0.15, 0.2) is 11.0 Å². The SMILES string of the molecule is Nc1c(Cl)ncnc1N1CCC[C@@H]1C(F)(F)F. The molecular formula is C9H10ClF3N4. The van der Waals surface area contributed by atoms with Crippen LogP contribution in [0.3, 0.4) is 0 Å². The number of aromatic nitrogens is 2. The summed E-state index contributed by atoms with van der Waals surface area (Å²) < 4.78 is 38.3. The van der Waals surface area contributed by atoms with Crippen LogP contribution in [0.4, 0.5) is 24.7 Å². The Morgan fingerprint density at radius 3 is 2.76 bits per heavy atom. The average molecular weight is 267 g/mol. The summed E-state index contributed by atoms with van der Waals surface area (Å²) in [5.41, 5.74) is 5.59. The van der Waals surface area contributed by atoms with Gasteiger partial charge < -0.3 is 10.6 Å². The summed E-state index contributed by atoms with van der Waals surface area (Å²) in [7, 11) is 0. The minimum atomic E-state index is -4.29. The number of halogens is 4. The number of nitrogens with two attached hydrogens (primary N) is 1. The Hall–Kier alpha value is -1.24. The molecule has 0 saturated carbocycles. The second kappa shape index (κ2) is 4.21. The van der Waals surface area contributed by atoms with Gasteiger partial charge in [0.2, 0.25) is 0 Å². The van der Waals surface area contributed by atoms with Gasteiger partial charge in [0.25, 0.3) is 0 Å². The summed E-state index contributed by atoms with van der Waals surface area (Å²) in [5, 5.41) is -0.0252. The largest absolute Gasteiger partial charge is 0.408 e. The summed E-state index contributed by atoms with van der Waals surface area (Å²) in [5.74, 6) is 0.0600. The molecule has 94 valence electrons. The lowest BCUT2D eigenvalue weighted by molar-refractivity contribution is -0.146. The number of nitrogens with zero attached hydrogens (tertiary/aromatic N) is 3. The van der Waals surface area contributed by atoms with Gasteiger partial charge in [-0.25, -0.2) is 9.97 Å². The minimum absolute atomic E-state index is 0.00897. The molecule has 1 fully saturated rings. The van der Waals surface area contributed by atoms with Crippen LogP contribution in [0.5, 0.6) is 0 Å². The lowest BCUT2D eigenvalue weighted by Crippen LogP contribution is -2.42. The van der Waals surface area contributed by atoms with Crippen LogP contribution in [0.25, 0.3) is 0 Å². The molecule has 1 atom stereocenters. The molecule has 1 aliphatic rings. The summed E-state index contributed by atoms with van der Waals surface area (Å²) >= 11 is 5.67. The van der Waals surface area contributed by atoms with Crippen molar-refractivity contribution < 1.29 is 13.2 Å². The molecule has 0 aromatic carbocycles. The monoisotopic (exact) mass is 266 g/mol. The van der Waals surface area contributed by atoms with Crippen molar-refractivity contribution in [1.82, 2.24) is 9.97 Å². The van der Waals surface area contributed by atoms with E-state index < -0.39 is 12.2 Å². The maximum absolute atomic E-state index is 12.8. The fourth-order valence-electron chi connectivity index (χ4n) is 1.95. The topological polar surface area (TPSA) is 55.0 Å². The minimum Gasteiger partial charge on any atom is -0.393 e. The molecule has 4 nitrogen and oxygen atoms in total. The standard InChI is InChI=1S/C9H10ClF3N4/c10-7-6(14)8(16-4-15-7)17-3-1-2-5(17)9(11,12)13/h4-5H,1-3,14H2/t5-/m1/s1. The van der Waals surface area contributed by atoms with Gasteiger partial charge in [-0.2, -0.15) is 13.2 Å². The summed E-state index contributed by atoms with van der Waals surface area (Å²) in [6.07, 6.45) is -2.68. The molecule has 17 heavy (non-hydrogen) atoms. The zero-order valence-electron chi connectivity index (χ0n) is 8.71. The normalized spacial score (nSPS) is 20.9. The predicted molar refractivity (Wildman–Crippen MR) is 57.9 cm³/mol. The Morgan fingerprint density at radius 2 is 2.12 bits per heavy atom. The van der Waals surface area contributed by atoms with Gasteiger partial charge >= 0.3 is 6.18 Å². The molecule has 1 aromatic rings. The summed E-state index contributed by atoms with van der Waals surface area (Å²) in [6, 6.07) is -1.55. The highest BCUT2D eigenvalue weighted by molar-refractivity contribution is 6.32. The number of hydrogen-bond acceptors (Lipinski definition) is 4. The van der Waals surface area contributed by atoms with Crippen LogP contribution in [-0.2, 0) is 0 Å². The molecule has 1 aromatic heterocycles. The van der Waals surface area contributed by atoms with Crippen LogP contribution in [-0.4, -0.2) is 28.7 Å². The Labute approximate surface area is 101 Å². The van der Waals surface area contributed by atoms with Crippen molar-refractivity contribution in [3.05, 3.63) is 11.5 Å². The van der Waals surface area contributed by atoms with Gasteiger partial charge in [0.05, 0.1) is 0 Å². The number of hydrogen-bond donors (Lipinski definition) is 1. The number of rotatable bonds is 1. The lowest BCUT2D eigenvalue weighted by atomic mass is 10.2. The molecule has 1 aliphatic heterocycles. The zero-order chi connectivity index (χ0) is 12.6. The first kappa shape index (κ1) is 12.2. The van der Waals surface area contributed by atoms with Crippen molar-refractivity contribution in [2.75, 3.05) is 17.2 Å². The van der Waals surface area contributed by atoms with Crippen molar-refractivity contribution in [2.24, 2.45) is 0 Å². The molecule has 0 unspecified atom stereocenters. The number of alkyl halides is 3. The molecular weight excluding hydrogens is 257 g/mol. The molecule has 0 amide bonds. The Bertz CT molecular complexity index is 423. The molecule has 0 radical (unpaired) electrons. The van der Waals surface area contributed by atoms with Crippen LogP contribution < -0.4 is 10.6 Å². The first-order valence-electron chi connectivity index (χ1n) is 5.00. The molecule has 0 spiro atoms. The molecule has 2 heterocycles. The van der Waals surface area contributed by atoms with E-state index >= 15 is 0 Å². The first-order valence-corrected chi connectivity index (χ1v) is 5.38. The second-order valence-electron chi connectivity index (χ2n) is 3.79. The van der Waals surface area contributed by atoms with E-state index in [4.69, 9.17) is 17.3 Å². The van der Waals surface area contributed by atoms with Crippen molar-refractivity contribution in [2.45, 2.75) is 25.1 Å². The molecule has 2 N–H and O–H groups in total. The smallest absolute Gasteiger partial charge is 0.393 e. The van der Waals surface area contributed by atoms with Crippen LogP contribution >= 0.6 is 11.6 Å². The second-order valence-corrected chi connectivity index (χ2v) is 4.15. The zero-order valence-corrected chi connectivity index (χ0v) is 9.46. The van der Waals surface area contributed by atoms with Gasteiger partial charge in [0, 0.05) is 6.54 Å². The van der Waals surface area contributed by atoms with E-state index in [1.54, 1.807) is 0 Å². The summed E-state index contributed by atoms with van der Waals surface area (Å²) in [4.78, 5) is 8.55. The van der Waals surface area contributed by atoms with Gasteiger partial charge in [-0.3, -0.25) is 0 Å². The predicted octanol–water partition coefficient (Wildman–Crippen LogP) is 2.24. The highest BCUT2D eigenvalue weighted by Crippen LogP contribution is 2.38. The van der Waals surface area contributed by atoms with E-state index in [-0.39, 0.29) is 29.6 Å². The van der Waals surface area contributed by atoms with E-state index in [0.29, 0.717) is 6.42 Å². The van der Waals surface area contributed by atoms with E-state index in [1.165, 1.54) is 0 Å². The highest BCUT2D eigenvalue weighted by Gasteiger charge is 2.46. The Balaban J connectivity index is 2.36. The van der Waals surface area contributed by atoms with E-state index in [0.717, 1.165) is 11.2 Å². The quantitative estimate of drug-likeness (QED) is 0.792. The molecule has 2 rings (SSSR count). The molecule has 0 bridgehead atoms. The van der Waals surface area contributed by atoms with Crippen molar-refractivity contribution in [3.63, 3.8) is 0 Å². The maximum Gasteiger partial charge on any atom is 0.408 e. The fraction of sp³-hybridized carbons (Fsp3) is 0.556. The van der Waals surface area contributed by atoms with E-state index in [9.17, 15) is 13.2 Å². The Morgan fingerprint density at radius 1 is 1.41 bits per heavy atom. The highest BCUT2D eigenvalue weighted by atomic mass is 35.5. The third-order valence-electron chi connectivity index (χ3n) is 2.72. The third kappa shape index (κ3) is 2.24. The van der Waals surface area contributed by atoms with Crippen molar-refractivity contribution >= 4 is 23.1 Å². The van der Waals surface area contributed by atoms with Gasteiger partial charge in [-0.15, -0.1) is 0 Å². The van der Waals surface area contributed by atoms with Crippen LogP contribution in [0.2, 0.25) is 5.15 Å². The average Bonchev–Trinajstić information content (AvgIpc) is 2.70. The van der Waals surface area contributed by atoms with E-state index in [1.807, 2.05) is 0 Å². The third-order valence-corrected chi connectivity index (χ3v) is 3.02. The molecule has 8 heteroatoms. The fourth-order valence-corrected chi connectivity index (χ4v) is 2.08. The van der Waals surface area contributed by atoms with Crippen molar-refractivity contribution in [3.8, 4) is 0 Å². The molecule has 1 saturated heterocycles. The van der Waals surface area contributed by atoms with Crippen LogP contribution in [0, 0.1) is 0 Å². The van der Waals surface area contributed by atoms with Crippen LogP contribution in [0.15, 0.2) is 6.33 Å². The number of anilines is 2. The first-order chi connectivity index (χ1) is 7.91. The lowest BCUT2D eigenvalue weighted by Gasteiger charge is -2.28. The van der Waals surface area contributed by atoms with Crippen LogP contribution in [0.1, 0.15) is 12.8 Å². The van der Waals surface area contributed by atoms with Gasteiger partial charge in [-0.05, 0) is 12.8 Å². The van der Waals surface area contributed by atoms with E-state index in [2.05, 4.69) is 9.97 Å². The van der Waals surface area contributed by atoms with Gasteiger partial charge in [0.1, 0.15) is 18.1 Å². The Kier molecular flexibility index (Phi) is 3.03. The maximum atomic E-state index is 12.8. The van der Waals surface area contributed by atoms with Gasteiger partial charge in [-0.1, -0.05) is 11.6 Å². The van der Waals surface area contributed by atoms with Crippen molar-refractivity contribution in [1.29, 1.82) is 0 Å².